The Bertz CT molecular complexity index is 94.3. The lowest BCUT2D eigenvalue weighted by Gasteiger charge is -2.15. The van der Waals surface area contributed by atoms with Crippen LogP contribution in [0.5, 0.6) is 0 Å². The molecule has 2 heterocycles. The van der Waals surface area contributed by atoms with Crippen LogP contribution in [-0.2, 0) is 9.47 Å². The van der Waals surface area contributed by atoms with Gasteiger partial charge < -0.3 is 9.47 Å². The first kappa shape index (κ1) is 6.54. The molecule has 0 aromatic rings. The van der Waals surface area contributed by atoms with Crippen LogP contribution in [0.3, 0.4) is 0 Å². The molecule has 0 spiro atoms. The number of hydrogen-bond acceptors (Lipinski definition) is 3. The van der Waals surface area contributed by atoms with Crippen LogP contribution >= 0.6 is 0 Å². The molecular weight excluding hydrogens is 132 g/mol. The molecule has 2 saturated heterocycles. The highest BCUT2D eigenvalue weighted by Gasteiger charge is 2.29. The Morgan fingerprint density at radius 3 is 2.90 bits per heavy atom. The largest absolute Gasteiger partial charge is 0.358 e. The fourth-order valence-corrected chi connectivity index (χ4v) is 1.22. The van der Waals surface area contributed by atoms with Crippen LogP contribution in [0.15, 0.2) is 0 Å². The lowest BCUT2D eigenvalue weighted by atomic mass is 10.5. The van der Waals surface area contributed by atoms with Crippen molar-refractivity contribution in [3.63, 3.8) is 0 Å². The Labute approximate surface area is 59.9 Å². The summed E-state index contributed by atoms with van der Waals surface area (Å²) in [4.78, 5) is 0. The standard InChI is InChI=1S/C6H11N2O2/c1-3-9-5(7-1)6-8-2-4-10-6/h5-7H,1-4H2. The van der Waals surface area contributed by atoms with Crippen molar-refractivity contribution < 1.29 is 9.47 Å². The summed E-state index contributed by atoms with van der Waals surface area (Å²) in [6, 6.07) is 0. The molecule has 4 heteroatoms. The highest BCUT2D eigenvalue weighted by atomic mass is 16.6. The van der Waals surface area contributed by atoms with E-state index in [0.717, 1.165) is 26.3 Å². The molecule has 1 N–H and O–H groups in total. The van der Waals surface area contributed by atoms with E-state index < -0.39 is 0 Å². The molecule has 2 aliphatic rings. The van der Waals surface area contributed by atoms with Crippen LogP contribution in [0, 0.1) is 0 Å². The lowest BCUT2D eigenvalue weighted by molar-refractivity contribution is -0.0356. The first-order valence-corrected chi connectivity index (χ1v) is 3.60. The Morgan fingerprint density at radius 2 is 2.30 bits per heavy atom. The average molecular weight is 143 g/mol. The summed E-state index contributed by atoms with van der Waals surface area (Å²) < 4.78 is 10.6. The minimum Gasteiger partial charge on any atom is -0.358 e. The summed E-state index contributed by atoms with van der Waals surface area (Å²) in [5.74, 6) is 0. The second-order valence-electron chi connectivity index (χ2n) is 2.41. The predicted molar refractivity (Wildman–Crippen MR) is 34.5 cm³/mol. The number of ether oxygens (including phenoxy) is 2. The smallest absolute Gasteiger partial charge is 0.163 e. The van der Waals surface area contributed by atoms with E-state index in [2.05, 4.69) is 10.6 Å². The van der Waals surface area contributed by atoms with Gasteiger partial charge in [-0.25, -0.2) is 5.32 Å². The molecule has 57 valence electrons. The topological polar surface area (TPSA) is 44.6 Å². The monoisotopic (exact) mass is 143 g/mol. The molecule has 10 heavy (non-hydrogen) atoms. The van der Waals surface area contributed by atoms with Crippen LogP contribution in [-0.4, -0.2) is 38.8 Å². The van der Waals surface area contributed by atoms with Crippen LogP contribution < -0.4 is 10.6 Å². The van der Waals surface area contributed by atoms with Gasteiger partial charge in [-0.1, -0.05) is 0 Å². The van der Waals surface area contributed by atoms with E-state index >= 15 is 0 Å². The van der Waals surface area contributed by atoms with Gasteiger partial charge >= 0.3 is 0 Å². The van der Waals surface area contributed by atoms with Crippen molar-refractivity contribution in [2.45, 2.75) is 12.5 Å². The third-order valence-corrected chi connectivity index (χ3v) is 1.69. The number of nitrogens with one attached hydrogen (secondary N) is 1. The molecule has 2 fully saturated rings. The number of nitrogens with zero attached hydrogens (tertiary/aromatic N) is 1. The maximum absolute atomic E-state index is 5.31. The van der Waals surface area contributed by atoms with Crippen LogP contribution in [0.2, 0.25) is 0 Å². The van der Waals surface area contributed by atoms with Gasteiger partial charge in [0, 0.05) is 13.1 Å². The second-order valence-corrected chi connectivity index (χ2v) is 2.41. The fourth-order valence-electron chi connectivity index (χ4n) is 1.22. The zero-order chi connectivity index (χ0) is 6.81. The van der Waals surface area contributed by atoms with Crippen molar-refractivity contribution in [1.82, 2.24) is 10.6 Å². The second kappa shape index (κ2) is 2.84. The van der Waals surface area contributed by atoms with Gasteiger partial charge in [0.1, 0.15) is 6.23 Å². The van der Waals surface area contributed by atoms with E-state index in [4.69, 9.17) is 9.47 Å². The van der Waals surface area contributed by atoms with Gasteiger partial charge in [0.2, 0.25) is 0 Å². The highest BCUT2D eigenvalue weighted by molar-refractivity contribution is 4.74. The molecule has 0 bridgehead atoms. The Morgan fingerprint density at radius 1 is 1.30 bits per heavy atom. The van der Waals surface area contributed by atoms with Gasteiger partial charge in [0.05, 0.1) is 13.2 Å². The summed E-state index contributed by atoms with van der Waals surface area (Å²) in [6.07, 6.45) is -0.0370. The van der Waals surface area contributed by atoms with E-state index in [1.165, 1.54) is 0 Å². The molecule has 4 nitrogen and oxygen atoms in total. The Balaban J connectivity index is 1.85. The Hall–Kier alpha value is -0.160. The lowest BCUT2D eigenvalue weighted by Crippen LogP contribution is -2.39. The van der Waals surface area contributed by atoms with Crippen LogP contribution in [0.25, 0.3) is 0 Å². The molecule has 2 rings (SSSR count). The number of rotatable bonds is 1. The van der Waals surface area contributed by atoms with Gasteiger partial charge in [-0.05, 0) is 0 Å². The van der Waals surface area contributed by atoms with Gasteiger partial charge in [0.15, 0.2) is 6.23 Å². The van der Waals surface area contributed by atoms with E-state index in [0.29, 0.717) is 0 Å². The number of hydrogen-bond donors (Lipinski definition) is 1. The molecule has 2 atom stereocenters. The van der Waals surface area contributed by atoms with E-state index in [1.807, 2.05) is 0 Å². The maximum Gasteiger partial charge on any atom is 0.163 e. The molecule has 0 amide bonds. The first-order chi connectivity index (χ1) is 4.97. The molecule has 2 aliphatic heterocycles. The highest BCUT2D eigenvalue weighted by Crippen LogP contribution is 2.07. The van der Waals surface area contributed by atoms with E-state index in [1.54, 1.807) is 0 Å². The van der Waals surface area contributed by atoms with Crippen molar-refractivity contribution in [3.8, 4) is 0 Å². The average Bonchev–Trinajstić information content (AvgIpc) is 2.59. The first-order valence-electron chi connectivity index (χ1n) is 3.60. The van der Waals surface area contributed by atoms with E-state index in [-0.39, 0.29) is 12.5 Å². The maximum atomic E-state index is 5.31. The van der Waals surface area contributed by atoms with Crippen LogP contribution in [0.4, 0.5) is 0 Å². The fraction of sp³-hybridized carbons (Fsp3) is 1.00. The molecule has 0 saturated carbocycles. The molecule has 0 aromatic heterocycles. The summed E-state index contributed by atoms with van der Waals surface area (Å²) in [7, 11) is 0. The molecule has 2 unspecified atom stereocenters. The molecule has 0 aliphatic carbocycles. The predicted octanol–water partition coefficient (Wildman–Crippen LogP) is -1.11. The normalized spacial score (nSPS) is 40.8. The minimum atomic E-state index is -0.0532. The van der Waals surface area contributed by atoms with Crippen molar-refractivity contribution in [1.29, 1.82) is 0 Å². The SMILES string of the molecule is C1COC(C2NCCO2)[N]1. The molecular formula is C6H11N2O2. The van der Waals surface area contributed by atoms with Gasteiger partial charge in [-0.2, -0.15) is 0 Å². The van der Waals surface area contributed by atoms with Gasteiger partial charge in [0.25, 0.3) is 0 Å². The van der Waals surface area contributed by atoms with Gasteiger partial charge in [-0.3, -0.25) is 5.32 Å². The summed E-state index contributed by atoms with van der Waals surface area (Å²) in [5, 5.41) is 7.37. The molecule has 1 radical (unpaired) electrons. The van der Waals surface area contributed by atoms with Crippen molar-refractivity contribution in [2.24, 2.45) is 0 Å². The Kier molecular flexibility index (Phi) is 1.86. The zero-order valence-corrected chi connectivity index (χ0v) is 5.75. The minimum absolute atomic E-state index is 0.0162. The zero-order valence-electron chi connectivity index (χ0n) is 5.75. The summed E-state index contributed by atoms with van der Waals surface area (Å²) >= 11 is 0. The van der Waals surface area contributed by atoms with Crippen molar-refractivity contribution >= 4 is 0 Å². The van der Waals surface area contributed by atoms with E-state index in [9.17, 15) is 0 Å². The van der Waals surface area contributed by atoms with Crippen molar-refractivity contribution in [3.05, 3.63) is 0 Å². The van der Waals surface area contributed by atoms with Crippen molar-refractivity contribution in [2.75, 3.05) is 26.3 Å². The third kappa shape index (κ3) is 1.15. The molecule has 0 aromatic carbocycles. The third-order valence-electron chi connectivity index (χ3n) is 1.69. The quantitative estimate of drug-likeness (QED) is 0.506. The van der Waals surface area contributed by atoms with Crippen LogP contribution in [0.1, 0.15) is 0 Å². The summed E-state index contributed by atoms with van der Waals surface area (Å²) in [6.45, 7) is 3.25. The van der Waals surface area contributed by atoms with Gasteiger partial charge in [-0.15, -0.1) is 0 Å². The summed E-state index contributed by atoms with van der Waals surface area (Å²) in [5.41, 5.74) is 0.